The van der Waals surface area contributed by atoms with E-state index in [2.05, 4.69) is 24.6 Å². The van der Waals surface area contributed by atoms with E-state index in [0.29, 0.717) is 23.4 Å². The van der Waals surface area contributed by atoms with Crippen LogP contribution in [0.4, 0.5) is 4.39 Å². The first kappa shape index (κ1) is 22.3. The number of ether oxygens (including phenoxy) is 2. The van der Waals surface area contributed by atoms with E-state index in [-0.39, 0.29) is 23.4 Å². The van der Waals surface area contributed by atoms with Crippen LogP contribution >= 0.6 is 11.8 Å². The van der Waals surface area contributed by atoms with Crippen molar-refractivity contribution in [3.63, 3.8) is 0 Å². The molecule has 2 heterocycles. The molecule has 0 saturated carbocycles. The molecule has 0 amide bonds. The Kier molecular flexibility index (Phi) is 7.36. The largest absolute Gasteiger partial charge is 0.508 e. The van der Waals surface area contributed by atoms with Gasteiger partial charge in [-0.1, -0.05) is 19.6 Å². The van der Waals surface area contributed by atoms with Crippen LogP contribution in [0.1, 0.15) is 18.7 Å². The number of halogens is 1. The first-order chi connectivity index (χ1) is 13.7. The number of nitrogens with zero attached hydrogens (tertiary/aromatic N) is 2. The summed E-state index contributed by atoms with van der Waals surface area (Å²) in [4.78, 5) is 17.5. The summed E-state index contributed by atoms with van der Waals surface area (Å²) in [7, 11) is -1.25. The smallest absolute Gasteiger partial charge is 0.266 e. The molecule has 0 aliphatic carbocycles. The summed E-state index contributed by atoms with van der Waals surface area (Å²) in [5.74, 6) is 0.0490. The highest BCUT2D eigenvalue weighted by atomic mass is 32.2. The Morgan fingerprint density at radius 3 is 2.76 bits per heavy atom. The van der Waals surface area contributed by atoms with Gasteiger partial charge in [-0.2, -0.15) is 11.8 Å². The molecule has 0 unspecified atom stereocenters. The van der Waals surface area contributed by atoms with Gasteiger partial charge in [0.2, 0.25) is 0 Å². The minimum atomic E-state index is -1.25. The van der Waals surface area contributed by atoms with Crippen molar-refractivity contribution in [2.24, 2.45) is 0 Å². The van der Waals surface area contributed by atoms with Crippen LogP contribution in [0.15, 0.2) is 16.9 Å². The molecule has 0 atom stereocenters. The summed E-state index contributed by atoms with van der Waals surface area (Å²) in [6.45, 7) is 8.89. The Bertz CT molecular complexity index is 910. The maximum atomic E-state index is 14.4. The van der Waals surface area contributed by atoms with E-state index in [1.54, 1.807) is 11.8 Å². The molecule has 0 radical (unpaired) electrons. The van der Waals surface area contributed by atoms with Crippen molar-refractivity contribution in [1.29, 1.82) is 0 Å². The van der Waals surface area contributed by atoms with Crippen molar-refractivity contribution >= 4 is 30.7 Å². The van der Waals surface area contributed by atoms with Crippen molar-refractivity contribution in [2.45, 2.75) is 56.3 Å². The second-order valence-electron chi connectivity index (χ2n) is 8.55. The Hall–Kier alpha value is -1.42. The van der Waals surface area contributed by atoms with E-state index in [0.717, 1.165) is 38.2 Å². The number of phenols is 1. The maximum Gasteiger partial charge on any atom is 0.266 e. The quantitative estimate of drug-likeness (QED) is 0.495. The predicted octanol–water partition coefficient (Wildman–Crippen LogP) is 3.97. The molecule has 6 nitrogen and oxygen atoms in total. The molecule has 1 aromatic heterocycles. The Morgan fingerprint density at radius 1 is 1.34 bits per heavy atom. The Balaban J connectivity index is 1.87. The molecule has 29 heavy (non-hydrogen) atoms. The van der Waals surface area contributed by atoms with Gasteiger partial charge in [0.05, 0.1) is 11.3 Å². The van der Waals surface area contributed by atoms with E-state index < -0.39 is 19.5 Å². The second kappa shape index (κ2) is 9.59. The lowest BCUT2D eigenvalue weighted by Gasteiger charge is -2.22. The summed E-state index contributed by atoms with van der Waals surface area (Å²) in [5.41, 5.74) is -0.295. The van der Waals surface area contributed by atoms with Gasteiger partial charge in [-0.25, -0.2) is 9.37 Å². The van der Waals surface area contributed by atoms with Crippen molar-refractivity contribution in [1.82, 2.24) is 9.55 Å². The lowest BCUT2D eigenvalue weighted by atomic mass is 10.2. The number of hydrogen-bond acceptors (Lipinski definition) is 6. The summed E-state index contributed by atoms with van der Waals surface area (Å²) in [6, 6.07) is 3.26. The number of fused-ring (bicyclic) bond motifs is 1. The van der Waals surface area contributed by atoms with Gasteiger partial charge in [0.1, 0.15) is 29.5 Å². The minimum Gasteiger partial charge on any atom is -0.508 e. The first-order valence-corrected chi connectivity index (χ1v) is 14.7. The fourth-order valence-corrected chi connectivity index (χ4v) is 5.03. The third-order valence-corrected chi connectivity index (χ3v) is 7.98. The van der Waals surface area contributed by atoms with E-state index in [1.165, 1.54) is 10.6 Å². The third-order valence-electron chi connectivity index (χ3n) is 4.91. The van der Waals surface area contributed by atoms with Crippen molar-refractivity contribution in [3.8, 4) is 5.75 Å². The van der Waals surface area contributed by atoms with Crippen LogP contribution in [-0.2, 0) is 22.0 Å². The average Bonchev–Trinajstić information content (AvgIpc) is 2.64. The Labute approximate surface area is 175 Å². The van der Waals surface area contributed by atoms with E-state index in [1.807, 2.05) is 0 Å². The summed E-state index contributed by atoms with van der Waals surface area (Å²) in [5, 5.41) is 10.0. The normalized spacial score (nSPS) is 15.9. The number of benzene rings is 1. The number of thioether (sulfide) groups is 1. The SMILES string of the molecule is C[Si](C)(C)CCOCn1c(CSC2CCOCC2)nc2cc(O)cc(F)c2c1=O. The van der Waals surface area contributed by atoms with Gasteiger partial charge in [0.15, 0.2) is 0 Å². The zero-order valence-corrected chi connectivity index (χ0v) is 19.1. The van der Waals surface area contributed by atoms with Crippen LogP contribution in [0, 0.1) is 5.82 Å². The summed E-state index contributed by atoms with van der Waals surface area (Å²) in [6.07, 6.45) is 1.93. The molecular formula is C20H29FN2O4SSi. The van der Waals surface area contributed by atoms with Crippen LogP contribution in [0.25, 0.3) is 10.9 Å². The summed E-state index contributed by atoms with van der Waals surface area (Å²) >= 11 is 1.73. The molecule has 1 N–H and O–H groups in total. The van der Waals surface area contributed by atoms with Gasteiger partial charge in [-0.05, 0) is 18.9 Å². The molecule has 9 heteroatoms. The molecule has 1 aromatic carbocycles. The molecule has 1 fully saturated rings. The molecule has 3 rings (SSSR count). The lowest BCUT2D eigenvalue weighted by molar-refractivity contribution is 0.0826. The van der Waals surface area contributed by atoms with Gasteiger partial charge in [-0.15, -0.1) is 0 Å². The van der Waals surface area contributed by atoms with Crippen molar-refractivity contribution in [3.05, 3.63) is 34.1 Å². The number of aromatic nitrogens is 2. The molecule has 160 valence electrons. The standard InChI is InChI=1S/C20H29FN2O4SSi/c1-29(2,3)9-8-27-13-23-18(12-28-15-4-6-26-7-5-15)22-17-11-14(24)10-16(21)19(17)20(23)25/h10-11,15,24H,4-9,12-13H2,1-3H3. The first-order valence-electron chi connectivity index (χ1n) is 9.93. The van der Waals surface area contributed by atoms with Crippen LogP contribution < -0.4 is 5.56 Å². The highest BCUT2D eigenvalue weighted by Crippen LogP contribution is 2.26. The Morgan fingerprint density at radius 2 is 2.07 bits per heavy atom. The minimum absolute atomic E-state index is 0.0518. The highest BCUT2D eigenvalue weighted by molar-refractivity contribution is 7.99. The molecular weight excluding hydrogens is 411 g/mol. The monoisotopic (exact) mass is 440 g/mol. The van der Waals surface area contributed by atoms with Gasteiger partial charge in [0.25, 0.3) is 5.56 Å². The molecule has 1 aliphatic heterocycles. The third kappa shape index (κ3) is 6.03. The zero-order chi connectivity index (χ0) is 21.0. The van der Waals surface area contributed by atoms with Crippen LogP contribution in [-0.4, -0.2) is 47.8 Å². The molecule has 1 aliphatic rings. The lowest BCUT2D eigenvalue weighted by Crippen LogP contribution is -2.29. The molecule has 0 bridgehead atoms. The van der Waals surface area contributed by atoms with Crippen LogP contribution in [0.5, 0.6) is 5.75 Å². The van der Waals surface area contributed by atoms with E-state index in [4.69, 9.17) is 9.47 Å². The van der Waals surface area contributed by atoms with E-state index in [9.17, 15) is 14.3 Å². The van der Waals surface area contributed by atoms with Gasteiger partial charge in [0, 0.05) is 45.3 Å². The average molecular weight is 441 g/mol. The number of aromatic hydroxyl groups is 1. The van der Waals surface area contributed by atoms with Gasteiger partial charge >= 0.3 is 0 Å². The zero-order valence-electron chi connectivity index (χ0n) is 17.2. The van der Waals surface area contributed by atoms with Crippen LogP contribution in [0.2, 0.25) is 25.7 Å². The molecule has 2 aromatic rings. The van der Waals surface area contributed by atoms with Gasteiger partial charge in [-0.3, -0.25) is 9.36 Å². The fourth-order valence-electron chi connectivity index (χ4n) is 3.14. The number of phenolic OH excluding ortho intramolecular Hbond substituents is 1. The highest BCUT2D eigenvalue weighted by Gasteiger charge is 2.19. The van der Waals surface area contributed by atoms with Crippen molar-refractivity contribution < 1.29 is 19.0 Å². The van der Waals surface area contributed by atoms with Crippen molar-refractivity contribution in [2.75, 3.05) is 19.8 Å². The summed E-state index contributed by atoms with van der Waals surface area (Å²) < 4.78 is 27.0. The number of hydrogen-bond donors (Lipinski definition) is 1. The van der Waals surface area contributed by atoms with E-state index >= 15 is 0 Å². The van der Waals surface area contributed by atoms with Crippen LogP contribution in [0.3, 0.4) is 0 Å². The fraction of sp³-hybridized carbons (Fsp3) is 0.600. The second-order valence-corrected chi connectivity index (χ2v) is 15.5. The number of rotatable bonds is 8. The van der Waals surface area contributed by atoms with Gasteiger partial charge < -0.3 is 14.6 Å². The maximum absolute atomic E-state index is 14.4. The molecule has 0 spiro atoms. The predicted molar refractivity (Wildman–Crippen MR) is 117 cm³/mol. The molecule has 1 saturated heterocycles. The topological polar surface area (TPSA) is 73.6 Å².